The molecule has 3 aromatic rings. The topological polar surface area (TPSA) is 106 Å². The molecule has 2 aromatic heterocycles. The number of cyclic esters (lactones) is 1. The van der Waals surface area contributed by atoms with Crippen LogP contribution in [-0.2, 0) is 16.1 Å². The standard InChI is InChI=1S/C24H22FN5O4S/c25-16-3-1-13-2-6-20(32)30-10-14(21(16)22(13)30)9-26-8-7-15-11-29(24(33)34-15)18-5-4-17-23(27-18)28-19(31)12-35-17/h1-6,14-15,26H,7-12H2,(H,27,28,31)/t14-,15+/m1/s1. The summed E-state index contributed by atoms with van der Waals surface area (Å²) in [6.45, 7) is 1.86. The van der Waals surface area contributed by atoms with E-state index in [4.69, 9.17) is 4.74 Å². The van der Waals surface area contributed by atoms with Crippen molar-refractivity contribution in [3.8, 4) is 0 Å². The van der Waals surface area contributed by atoms with Crippen LogP contribution in [0.2, 0.25) is 0 Å². The van der Waals surface area contributed by atoms with Crippen LogP contribution < -0.4 is 21.1 Å². The van der Waals surface area contributed by atoms with Gasteiger partial charge < -0.3 is 19.9 Å². The number of amides is 2. The van der Waals surface area contributed by atoms with Crippen molar-refractivity contribution in [2.24, 2.45) is 0 Å². The van der Waals surface area contributed by atoms with Crippen molar-refractivity contribution in [1.29, 1.82) is 0 Å². The van der Waals surface area contributed by atoms with Crippen LogP contribution in [-0.4, -0.2) is 53.0 Å². The number of halogens is 1. The van der Waals surface area contributed by atoms with Crippen LogP contribution in [0.5, 0.6) is 0 Å². The Morgan fingerprint density at radius 2 is 2.00 bits per heavy atom. The normalized spacial score (nSPS) is 20.8. The molecule has 0 aliphatic carbocycles. The number of carbonyl (C=O) groups is 2. The van der Waals surface area contributed by atoms with Crippen molar-refractivity contribution in [2.45, 2.75) is 29.9 Å². The summed E-state index contributed by atoms with van der Waals surface area (Å²) in [7, 11) is 0. The molecular formula is C24H22FN5O4S. The third-order valence-electron chi connectivity index (χ3n) is 6.59. The molecule has 9 nitrogen and oxygen atoms in total. The van der Waals surface area contributed by atoms with E-state index in [0.29, 0.717) is 61.1 Å². The van der Waals surface area contributed by atoms with Gasteiger partial charge in [-0.2, -0.15) is 0 Å². The average molecular weight is 496 g/mol. The first-order valence-electron chi connectivity index (χ1n) is 11.4. The number of benzene rings is 1. The number of anilines is 2. The molecule has 3 aliphatic heterocycles. The molecule has 0 spiro atoms. The first-order chi connectivity index (χ1) is 17.0. The Balaban J connectivity index is 1.06. The fourth-order valence-electron chi connectivity index (χ4n) is 4.95. The molecule has 0 unspecified atom stereocenters. The summed E-state index contributed by atoms with van der Waals surface area (Å²) in [4.78, 5) is 43.1. The second kappa shape index (κ2) is 8.65. The van der Waals surface area contributed by atoms with Crippen LogP contribution >= 0.6 is 11.8 Å². The predicted molar refractivity (Wildman–Crippen MR) is 130 cm³/mol. The number of rotatable bonds is 6. The Labute approximate surface area is 203 Å². The third kappa shape index (κ3) is 3.94. The van der Waals surface area contributed by atoms with Gasteiger partial charge in [-0.25, -0.2) is 14.2 Å². The van der Waals surface area contributed by atoms with E-state index in [9.17, 15) is 18.8 Å². The lowest BCUT2D eigenvalue weighted by Crippen LogP contribution is -2.29. The molecule has 3 aliphatic rings. The number of pyridine rings is 2. The highest BCUT2D eigenvalue weighted by atomic mass is 32.2. The van der Waals surface area contributed by atoms with Crippen LogP contribution in [0, 0.1) is 5.82 Å². The molecule has 180 valence electrons. The van der Waals surface area contributed by atoms with Crippen molar-refractivity contribution < 1.29 is 18.7 Å². The fourth-order valence-corrected chi connectivity index (χ4v) is 5.70. The summed E-state index contributed by atoms with van der Waals surface area (Å²) in [5.41, 5.74) is 1.13. The van der Waals surface area contributed by atoms with E-state index >= 15 is 0 Å². The molecule has 0 saturated carbocycles. The van der Waals surface area contributed by atoms with Crippen molar-refractivity contribution in [2.75, 3.05) is 35.6 Å². The molecule has 0 radical (unpaired) electrons. The van der Waals surface area contributed by atoms with Gasteiger partial charge in [0.15, 0.2) is 0 Å². The SMILES string of the molecule is O=C1CSc2ccc(N3C[C@H](CCNC[C@@H]4Cn5c(=O)ccc6ccc(F)c4c65)OC3=O)nc2N1. The lowest BCUT2D eigenvalue weighted by atomic mass is 9.99. The second-order valence-corrected chi connectivity index (χ2v) is 9.86. The predicted octanol–water partition coefficient (Wildman–Crippen LogP) is 2.68. The molecule has 1 fully saturated rings. The summed E-state index contributed by atoms with van der Waals surface area (Å²) >= 11 is 1.41. The molecule has 1 saturated heterocycles. The zero-order valence-corrected chi connectivity index (χ0v) is 19.4. The number of nitrogens with zero attached hydrogens (tertiary/aromatic N) is 3. The number of hydrogen-bond donors (Lipinski definition) is 2. The second-order valence-electron chi connectivity index (χ2n) is 8.84. The number of aromatic nitrogens is 2. The van der Waals surface area contributed by atoms with Crippen molar-refractivity contribution in [1.82, 2.24) is 14.9 Å². The number of carbonyl (C=O) groups excluding carboxylic acids is 2. The first kappa shape index (κ1) is 22.1. The van der Waals surface area contributed by atoms with Crippen molar-refractivity contribution in [3.05, 3.63) is 58.1 Å². The highest BCUT2D eigenvalue weighted by Crippen LogP contribution is 2.35. The fraction of sp³-hybridized carbons (Fsp3) is 0.333. The van der Waals surface area contributed by atoms with Gasteiger partial charge >= 0.3 is 6.09 Å². The Bertz CT molecular complexity index is 1430. The highest BCUT2D eigenvalue weighted by molar-refractivity contribution is 8.00. The van der Waals surface area contributed by atoms with E-state index in [2.05, 4.69) is 15.6 Å². The van der Waals surface area contributed by atoms with E-state index in [1.54, 1.807) is 22.8 Å². The highest BCUT2D eigenvalue weighted by Gasteiger charge is 2.34. The molecule has 2 atom stereocenters. The van der Waals surface area contributed by atoms with Crippen molar-refractivity contribution >= 4 is 46.3 Å². The quantitative estimate of drug-likeness (QED) is 0.507. The van der Waals surface area contributed by atoms with E-state index in [1.807, 2.05) is 6.07 Å². The minimum atomic E-state index is -0.475. The van der Waals surface area contributed by atoms with E-state index in [-0.39, 0.29) is 29.3 Å². The monoisotopic (exact) mass is 495 g/mol. The maximum atomic E-state index is 14.6. The third-order valence-corrected chi connectivity index (χ3v) is 7.64. The lowest BCUT2D eigenvalue weighted by molar-refractivity contribution is -0.113. The van der Waals surface area contributed by atoms with Gasteiger partial charge in [0, 0.05) is 30.6 Å². The molecule has 11 heteroatoms. The van der Waals surface area contributed by atoms with Gasteiger partial charge in [-0.1, -0.05) is 0 Å². The summed E-state index contributed by atoms with van der Waals surface area (Å²) in [6, 6.07) is 10.00. The van der Waals surface area contributed by atoms with E-state index < -0.39 is 6.09 Å². The Morgan fingerprint density at radius 3 is 2.89 bits per heavy atom. The van der Waals surface area contributed by atoms with Gasteiger partial charge in [0.25, 0.3) is 5.56 Å². The molecule has 0 bridgehead atoms. The summed E-state index contributed by atoms with van der Waals surface area (Å²) in [5, 5.41) is 6.93. The number of nitrogens with one attached hydrogen (secondary N) is 2. The van der Waals surface area contributed by atoms with E-state index in [1.165, 1.54) is 28.8 Å². The number of hydrogen-bond acceptors (Lipinski definition) is 7. The molecular weight excluding hydrogens is 473 g/mol. The van der Waals surface area contributed by atoms with Gasteiger partial charge in [-0.15, -0.1) is 11.8 Å². The minimum absolute atomic E-state index is 0.119. The zero-order chi connectivity index (χ0) is 24.1. The minimum Gasteiger partial charge on any atom is -0.444 e. The molecule has 2 amide bonds. The number of thioether (sulfide) groups is 1. The largest absolute Gasteiger partial charge is 0.444 e. The molecule has 5 heterocycles. The van der Waals surface area contributed by atoms with Crippen LogP contribution in [0.3, 0.4) is 0 Å². The maximum absolute atomic E-state index is 14.6. The van der Waals surface area contributed by atoms with Crippen LogP contribution in [0.4, 0.5) is 20.8 Å². The molecule has 2 N–H and O–H groups in total. The van der Waals surface area contributed by atoms with Crippen molar-refractivity contribution in [3.63, 3.8) is 0 Å². The molecule has 6 rings (SSSR count). The Kier molecular flexibility index (Phi) is 5.45. The van der Waals surface area contributed by atoms with Gasteiger partial charge in [0.05, 0.1) is 22.7 Å². The summed E-state index contributed by atoms with van der Waals surface area (Å²) < 4.78 is 21.8. The maximum Gasteiger partial charge on any atom is 0.415 e. The molecule has 1 aromatic carbocycles. The first-order valence-corrected chi connectivity index (χ1v) is 12.4. The van der Waals surface area contributed by atoms with Crippen LogP contribution in [0.1, 0.15) is 17.9 Å². The van der Waals surface area contributed by atoms with Crippen LogP contribution in [0.25, 0.3) is 10.9 Å². The molecule has 35 heavy (non-hydrogen) atoms. The van der Waals surface area contributed by atoms with Gasteiger partial charge in [-0.05, 0) is 48.7 Å². The summed E-state index contributed by atoms with van der Waals surface area (Å²) in [5.74, 6) is 0.676. The van der Waals surface area contributed by atoms with E-state index in [0.717, 1.165) is 10.3 Å². The number of fused-ring (bicyclic) bond motifs is 1. The number of ether oxygens (including phenoxy) is 1. The summed E-state index contributed by atoms with van der Waals surface area (Å²) in [6.07, 6.45) is -0.219. The van der Waals surface area contributed by atoms with Gasteiger partial charge in [-0.3, -0.25) is 14.5 Å². The smallest absolute Gasteiger partial charge is 0.415 e. The van der Waals surface area contributed by atoms with Gasteiger partial charge in [0.1, 0.15) is 23.6 Å². The van der Waals surface area contributed by atoms with Crippen LogP contribution in [0.15, 0.2) is 46.1 Å². The zero-order valence-electron chi connectivity index (χ0n) is 18.6. The lowest BCUT2D eigenvalue weighted by Gasteiger charge is -2.18. The van der Waals surface area contributed by atoms with Gasteiger partial charge in [0.2, 0.25) is 5.91 Å². The Morgan fingerprint density at radius 1 is 1.14 bits per heavy atom. The Hall–Kier alpha value is -3.44. The average Bonchev–Trinajstić information content (AvgIpc) is 3.42.